The number of amides is 3. The molecule has 19 heavy (non-hydrogen) atoms. The molecule has 0 spiro atoms. The molecule has 3 saturated heterocycles. The van der Waals surface area contributed by atoms with Gasteiger partial charge in [-0.3, -0.25) is 9.69 Å². The molecule has 3 aliphatic rings. The van der Waals surface area contributed by atoms with Gasteiger partial charge in [0.25, 0.3) is 0 Å². The highest BCUT2D eigenvalue weighted by Gasteiger charge is 2.35. The zero-order chi connectivity index (χ0) is 13.4. The monoisotopic (exact) mass is 266 g/mol. The molecule has 0 saturated carbocycles. The number of carbonyl (C=O) groups is 2. The van der Waals surface area contributed by atoms with E-state index in [0.29, 0.717) is 24.7 Å². The van der Waals surface area contributed by atoms with Crippen LogP contribution in [-0.4, -0.2) is 66.5 Å². The summed E-state index contributed by atoms with van der Waals surface area (Å²) in [6.07, 6.45) is 4.96. The predicted octanol–water partition coefficient (Wildman–Crippen LogP) is -0.247. The number of carbonyl (C=O) groups excluding carboxylic acids is 2. The number of nitrogens with one attached hydrogen (secondary N) is 2. The lowest BCUT2D eigenvalue weighted by atomic mass is 9.98. The van der Waals surface area contributed by atoms with Crippen molar-refractivity contribution in [2.75, 3.05) is 26.7 Å². The molecule has 2 bridgehead atoms. The number of piperidine rings is 1. The fraction of sp³-hybridized carbons (Fsp3) is 0.846. The molecule has 0 aliphatic carbocycles. The lowest BCUT2D eigenvalue weighted by molar-refractivity contribution is -0.125. The first-order chi connectivity index (χ1) is 9.13. The summed E-state index contributed by atoms with van der Waals surface area (Å²) in [5, 5.41) is 6.19. The maximum absolute atomic E-state index is 11.5. The molecule has 2 atom stereocenters. The summed E-state index contributed by atoms with van der Waals surface area (Å²) in [6, 6.07) is 1.68. The molecule has 6 nitrogen and oxygen atoms in total. The Kier molecular flexibility index (Phi) is 3.45. The highest BCUT2D eigenvalue weighted by Crippen LogP contribution is 2.29. The summed E-state index contributed by atoms with van der Waals surface area (Å²) in [7, 11) is 2.11. The van der Waals surface area contributed by atoms with Crippen LogP contribution in [0.2, 0.25) is 0 Å². The average Bonchev–Trinajstić information content (AvgIpc) is 2.90. The Balaban J connectivity index is 1.50. The second kappa shape index (κ2) is 5.09. The molecular weight excluding hydrogens is 244 g/mol. The highest BCUT2D eigenvalue weighted by molar-refractivity contribution is 6.01. The molecule has 3 aliphatic heterocycles. The van der Waals surface area contributed by atoms with Crippen molar-refractivity contribution in [2.45, 2.75) is 43.8 Å². The van der Waals surface area contributed by atoms with E-state index in [1.54, 1.807) is 0 Å². The average molecular weight is 266 g/mol. The Morgan fingerprint density at radius 2 is 1.95 bits per heavy atom. The van der Waals surface area contributed by atoms with Crippen LogP contribution in [0.3, 0.4) is 0 Å². The van der Waals surface area contributed by atoms with Crippen molar-refractivity contribution < 1.29 is 9.59 Å². The summed E-state index contributed by atoms with van der Waals surface area (Å²) in [4.78, 5) is 26.6. The van der Waals surface area contributed by atoms with Crippen LogP contribution < -0.4 is 10.6 Å². The van der Waals surface area contributed by atoms with Gasteiger partial charge in [0.2, 0.25) is 5.91 Å². The topological polar surface area (TPSA) is 64.7 Å². The minimum Gasteiger partial charge on any atom is -0.329 e. The van der Waals surface area contributed by atoms with Gasteiger partial charge >= 0.3 is 6.03 Å². The molecule has 0 radical (unpaired) electrons. The first-order valence-electron chi connectivity index (χ1n) is 7.18. The minimum atomic E-state index is -0.246. The van der Waals surface area contributed by atoms with Gasteiger partial charge in [0.1, 0.15) is 0 Å². The van der Waals surface area contributed by atoms with Crippen molar-refractivity contribution in [1.29, 1.82) is 0 Å². The fourth-order valence-electron chi connectivity index (χ4n) is 3.51. The SMILES string of the molecule is CN(CCN1C(=O)CNC1=O)C1CC2CCC(C1)N2. The van der Waals surface area contributed by atoms with Crippen molar-refractivity contribution in [3.05, 3.63) is 0 Å². The number of nitrogens with zero attached hydrogens (tertiary/aromatic N) is 2. The number of fused-ring (bicyclic) bond motifs is 2. The summed E-state index contributed by atoms with van der Waals surface area (Å²) in [6.45, 7) is 1.42. The number of hydrogen-bond donors (Lipinski definition) is 2. The quantitative estimate of drug-likeness (QED) is 0.689. The third kappa shape index (κ3) is 2.60. The Morgan fingerprint density at radius 1 is 1.26 bits per heavy atom. The van der Waals surface area contributed by atoms with Gasteiger partial charge in [0.15, 0.2) is 0 Å². The number of imide groups is 1. The van der Waals surface area contributed by atoms with Crippen LogP contribution in [0, 0.1) is 0 Å². The standard InChI is InChI=1S/C13H22N4O2/c1-16(4-5-17-12(18)8-14-13(17)19)11-6-9-2-3-10(7-11)15-9/h9-11,15H,2-8H2,1H3,(H,14,19). The van der Waals surface area contributed by atoms with Gasteiger partial charge in [-0.25, -0.2) is 4.79 Å². The van der Waals surface area contributed by atoms with E-state index in [0.717, 1.165) is 6.54 Å². The van der Waals surface area contributed by atoms with Gasteiger partial charge in [-0.2, -0.15) is 0 Å². The van der Waals surface area contributed by atoms with Crippen LogP contribution in [0.5, 0.6) is 0 Å². The maximum Gasteiger partial charge on any atom is 0.324 e. The van der Waals surface area contributed by atoms with Crippen molar-refractivity contribution in [2.24, 2.45) is 0 Å². The van der Waals surface area contributed by atoms with E-state index in [9.17, 15) is 9.59 Å². The molecular formula is C13H22N4O2. The molecule has 3 heterocycles. The number of hydrogen-bond acceptors (Lipinski definition) is 4. The van der Waals surface area contributed by atoms with Crippen LogP contribution in [0.4, 0.5) is 4.79 Å². The molecule has 0 aromatic heterocycles. The second-order valence-electron chi connectivity index (χ2n) is 5.95. The van der Waals surface area contributed by atoms with Crippen LogP contribution >= 0.6 is 0 Å². The molecule has 0 aromatic carbocycles. The molecule has 3 amide bonds. The molecule has 6 heteroatoms. The zero-order valence-corrected chi connectivity index (χ0v) is 11.4. The molecule has 3 fully saturated rings. The second-order valence-corrected chi connectivity index (χ2v) is 5.95. The van der Waals surface area contributed by atoms with E-state index in [-0.39, 0.29) is 18.5 Å². The molecule has 2 N–H and O–H groups in total. The number of likely N-dealkylation sites (N-methyl/N-ethyl adjacent to an activating group) is 1. The first kappa shape index (κ1) is 12.9. The van der Waals surface area contributed by atoms with Crippen molar-refractivity contribution in [1.82, 2.24) is 20.4 Å². The van der Waals surface area contributed by atoms with Gasteiger partial charge in [-0.05, 0) is 32.7 Å². The Morgan fingerprint density at radius 3 is 2.53 bits per heavy atom. The normalized spacial score (nSPS) is 34.2. The van der Waals surface area contributed by atoms with E-state index in [2.05, 4.69) is 22.6 Å². The Labute approximate surface area is 113 Å². The van der Waals surface area contributed by atoms with E-state index in [1.807, 2.05) is 0 Å². The third-order valence-corrected chi connectivity index (χ3v) is 4.68. The number of urea groups is 1. The Hall–Kier alpha value is -1.14. The van der Waals surface area contributed by atoms with Crippen LogP contribution in [0.1, 0.15) is 25.7 Å². The summed E-state index contributed by atoms with van der Waals surface area (Å²) in [5.41, 5.74) is 0. The first-order valence-corrected chi connectivity index (χ1v) is 7.18. The highest BCUT2D eigenvalue weighted by atomic mass is 16.2. The number of rotatable bonds is 4. The van der Waals surface area contributed by atoms with E-state index in [1.165, 1.54) is 30.6 Å². The smallest absolute Gasteiger partial charge is 0.324 e. The van der Waals surface area contributed by atoms with Gasteiger partial charge < -0.3 is 15.5 Å². The van der Waals surface area contributed by atoms with Gasteiger partial charge in [-0.15, -0.1) is 0 Å². The molecule has 2 unspecified atom stereocenters. The molecule has 106 valence electrons. The molecule has 3 rings (SSSR count). The summed E-state index contributed by atoms with van der Waals surface area (Å²) >= 11 is 0. The van der Waals surface area contributed by atoms with Crippen LogP contribution in [-0.2, 0) is 4.79 Å². The van der Waals surface area contributed by atoms with E-state index >= 15 is 0 Å². The zero-order valence-electron chi connectivity index (χ0n) is 11.4. The van der Waals surface area contributed by atoms with Crippen molar-refractivity contribution in [3.63, 3.8) is 0 Å². The van der Waals surface area contributed by atoms with E-state index < -0.39 is 0 Å². The Bertz CT molecular complexity index is 359. The largest absolute Gasteiger partial charge is 0.329 e. The minimum absolute atomic E-state index is 0.108. The van der Waals surface area contributed by atoms with Gasteiger partial charge in [0, 0.05) is 31.2 Å². The lowest BCUT2D eigenvalue weighted by Crippen LogP contribution is -2.49. The van der Waals surface area contributed by atoms with Gasteiger partial charge in [-0.1, -0.05) is 0 Å². The van der Waals surface area contributed by atoms with Crippen molar-refractivity contribution >= 4 is 11.9 Å². The molecule has 0 aromatic rings. The van der Waals surface area contributed by atoms with Gasteiger partial charge in [0.05, 0.1) is 6.54 Å². The maximum atomic E-state index is 11.5. The summed E-state index contributed by atoms with van der Waals surface area (Å²) in [5.74, 6) is -0.108. The predicted molar refractivity (Wildman–Crippen MR) is 70.7 cm³/mol. The van der Waals surface area contributed by atoms with Crippen molar-refractivity contribution in [3.8, 4) is 0 Å². The van der Waals surface area contributed by atoms with Crippen LogP contribution in [0.15, 0.2) is 0 Å². The summed E-state index contributed by atoms with van der Waals surface area (Å²) < 4.78 is 0. The fourth-order valence-corrected chi connectivity index (χ4v) is 3.51. The lowest BCUT2D eigenvalue weighted by Gasteiger charge is -2.36. The van der Waals surface area contributed by atoms with Crippen LogP contribution in [0.25, 0.3) is 0 Å². The van der Waals surface area contributed by atoms with E-state index in [4.69, 9.17) is 0 Å². The third-order valence-electron chi connectivity index (χ3n) is 4.68.